The predicted octanol–water partition coefficient (Wildman–Crippen LogP) is 4.54. The Bertz CT molecular complexity index is 873. The van der Waals surface area contributed by atoms with Crippen molar-refractivity contribution in [2.45, 2.75) is 25.3 Å². The molecular weight excluding hydrogens is 380 g/mol. The van der Waals surface area contributed by atoms with Gasteiger partial charge in [0, 0.05) is 13.1 Å². The van der Waals surface area contributed by atoms with Gasteiger partial charge >= 0.3 is 0 Å². The van der Waals surface area contributed by atoms with E-state index in [4.69, 9.17) is 0 Å². The summed E-state index contributed by atoms with van der Waals surface area (Å²) in [7, 11) is 2.65. The molecule has 0 heterocycles. The van der Waals surface area contributed by atoms with Crippen molar-refractivity contribution in [2.24, 2.45) is 0 Å². The standard InChI is InChI=1S/C25H29FNOP/c26-25-12-11-24(29)18-23(25)17-22(21-9-5-2-6-10-21)13-14-27(15-16-28)19-20-7-3-1-4-8-20/h1-12,18,22,28H,13-17,19,29H2/t22-/m0/s1. The number of aliphatic hydroxyl groups is 1. The highest BCUT2D eigenvalue weighted by Crippen LogP contribution is 2.26. The maximum atomic E-state index is 14.4. The molecule has 3 aromatic carbocycles. The average molecular weight is 409 g/mol. The van der Waals surface area contributed by atoms with Gasteiger partial charge in [-0.3, -0.25) is 4.90 Å². The number of hydrogen-bond acceptors (Lipinski definition) is 2. The number of rotatable bonds is 10. The van der Waals surface area contributed by atoms with Crippen molar-refractivity contribution in [3.05, 3.63) is 101 Å². The van der Waals surface area contributed by atoms with E-state index in [1.807, 2.05) is 42.5 Å². The van der Waals surface area contributed by atoms with E-state index in [1.54, 1.807) is 12.1 Å². The van der Waals surface area contributed by atoms with Crippen molar-refractivity contribution in [3.8, 4) is 0 Å². The maximum absolute atomic E-state index is 14.4. The van der Waals surface area contributed by atoms with Crippen LogP contribution < -0.4 is 5.30 Å². The van der Waals surface area contributed by atoms with E-state index in [2.05, 4.69) is 38.4 Å². The molecule has 0 aromatic heterocycles. The summed E-state index contributed by atoms with van der Waals surface area (Å²) in [6.45, 7) is 2.41. The quantitative estimate of drug-likeness (QED) is 0.497. The molecule has 0 radical (unpaired) electrons. The van der Waals surface area contributed by atoms with Crippen LogP contribution in [0.5, 0.6) is 0 Å². The lowest BCUT2D eigenvalue weighted by Gasteiger charge is -2.25. The van der Waals surface area contributed by atoms with Gasteiger partial charge in [0.2, 0.25) is 0 Å². The summed E-state index contributed by atoms with van der Waals surface area (Å²) < 4.78 is 14.4. The molecule has 4 heteroatoms. The Morgan fingerprint density at radius 3 is 2.28 bits per heavy atom. The fraction of sp³-hybridized carbons (Fsp3) is 0.280. The monoisotopic (exact) mass is 409 g/mol. The van der Waals surface area contributed by atoms with Gasteiger partial charge in [0.1, 0.15) is 5.82 Å². The Morgan fingerprint density at radius 2 is 1.59 bits per heavy atom. The number of nitrogens with zero attached hydrogens (tertiary/aromatic N) is 1. The molecule has 29 heavy (non-hydrogen) atoms. The van der Waals surface area contributed by atoms with Crippen LogP contribution in [-0.4, -0.2) is 29.7 Å². The minimum Gasteiger partial charge on any atom is -0.395 e. The minimum absolute atomic E-state index is 0.132. The Balaban J connectivity index is 1.74. The third kappa shape index (κ3) is 6.75. The summed E-state index contributed by atoms with van der Waals surface area (Å²) in [4.78, 5) is 2.27. The molecule has 1 N–H and O–H groups in total. The fourth-order valence-electron chi connectivity index (χ4n) is 3.72. The van der Waals surface area contributed by atoms with Crippen molar-refractivity contribution in [1.82, 2.24) is 4.90 Å². The topological polar surface area (TPSA) is 23.5 Å². The van der Waals surface area contributed by atoms with Crippen LogP contribution in [0, 0.1) is 5.82 Å². The number of benzene rings is 3. The lowest BCUT2D eigenvalue weighted by Crippen LogP contribution is -2.29. The van der Waals surface area contributed by atoms with Crippen molar-refractivity contribution in [2.75, 3.05) is 19.7 Å². The summed E-state index contributed by atoms with van der Waals surface area (Å²) in [6, 6.07) is 25.9. The second-order valence-electron chi connectivity index (χ2n) is 7.44. The average Bonchev–Trinajstić information content (AvgIpc) is 2.75. The van der Waals surface area contributed by atoms with E-state index in [-0.39, 0.29) is 18.3 Å². The molecule has 0 aliphatic carbocycles. The third-order valence-electron chi connectivity index (χ3n) is 5.27. The molecule has 0 spiro atoms. The molecule has 3 aromatic rings. The van der Waals surface area contributed by atoms with Gasteiger partial charge in [-0.05, 0) is 59.4 Å². The highest BCUT2D eigenvalue weighted by molar-refractivity contribution is 7.27. The Hall–Kier alpha value is -2.06. The van der Waals surface area contributed by atoms with Gasteiger partial charge < -0.3 is 5.11 Å². The molecule has 0 fully saturated rings. The number of halogens is 1. The zero-order chi connectivity index (χ0) is 20.5. The molecular formula is C25H29FNOP. The van der Waals surface area contributed by atoms with Crippen LogP contribution >= 0.6 is 9.24 Å². The van der Waals surface area contributed by atoms with E-state index in [0.717, 1.165) is 30.4 Å². The molecule has 0 saturated heterocycles. The third-order valence-corrected chi connectivity index (χ3v) is 5.63. The Morgan fingerprint density at radius 1 is 0.897 bits per heavy atom. The first-order valence-corrected chi connectivity index (χ1v) is 10.7. The van der Waals surface area contributed by atoms with Crippen LogP contribution in [0.2, 0.25) is 0 Å². The predicted molar refractivity (Wildman–Crippen MR) is 122 cm³/mol. The van der Waals surface area contributed by atoms with Crippen LogP contribution in [0.25, 0.3) is 0 Å². The first kappa shape index (κ1) is 21.6. The highest BCUT2D eigenvalue weighted by Gasteiger charge is 2.17. The number of hydrogen-bond donors (Lipinski definition) is 1. The van der Waals surface area contributed by atoms with Crippen molar-refractivity contribution in [1.29, 1.82) is 0 Å². The normalized spacial score (nSPS) is 12.3. The van der Waals surface area contributed by atoms with E-state index in [1.165, 1.54) is 11.1 Å². The van der Waals surface area contributed by atoms with Gasteiger partial charge in [0.05, 0.1) is 6.61 Å². The van der Waals surface area contributed by atoms with Crippen LogP contribution in [0.1, 0.15) is 29.0 Å². The van der Waals surface area contributed by atoms with Gasteiger partial charge in [0.25, 0.3) is 0 Å². The van der Waals surface area contributed by atoms with Gasteiger partial charge in [-0.25, -0.2) is 4.39 Å². The summed E-state index contributed by atoms with van der Waals surface area (Å²) in [5.41, 5.74) is 3.21. The Kier molecular flexibility index (Phi) is 8.37. The van der Waals surface area contributed by atoms with E-state index in [9.17, 15) is 9.50 Å². The van der Waals surface area contributed by atoms with Gasteiger partial charge in [0.15, 0.2) is 0 Å². The van der Waals surface area contributed by atoms with E-state index < -0.39 is 0 Å². The molecule has 0 amide bonds. The van der Waals surface area contributed by atoms with Crippen LogP contribution in [0.4, 0.5) is 4.39 Å². The zero-order valence-corrected chi connectivity index (χ0v) is 17.8. The summed E-state index contributed by atoms with van der Waals surface area (Å²) in [6.07, 6.45) is 1.56. The molecule has 0 saturated carbocycles. The molecule has 152 valence electrons. The van der Waals surface area contributed by atoms with Gasteiger partial charge in [-0.1, -0.05) is 66.7 Å². The van der Waals surface area contributed by atoms with Crippen molar-refractivity contribution < 1.29 is 9.50 Å². The molecule has 2 atom stereocenters. The zero-order valence-electron chi connectivity index (χ0n) is 16.7. The summed E-state index contributed by atoms with van der Waals surface area (Å²) in [5.74, 6) is 0.0723. The summed E-state index contributed by atoms with van der Waals surface area (Å²) >= 11 is 0. The first-order valence-electron chi connectivity index (χ1n) is 10.1. The molecule has 0 bridgehead atoms. The molecule has 0 aliphatic heterocycles. The highest BCUT2D eigenvalue weighted by atomic mass is 31.0. The first-order chi connectivity index (χ1) is 14.2. The van der Waals surface area contributed by atoms with Crippen LogP contribution in [0.15, 0.2) is 78.9 Å². The van der Waals surface area contributed by atoms with E-state index >= 15 is 0 Å². The fourth-order valence-corrected chi connectivity index (χ4v) is 4.02. The minimum atomic E-state index is -0.145. The van der Waals surface area contributed by atoms with Gasteiger partial charge in [-0.2, -0.15) is 0 Å². The Labute approximate surface area is 175 Å². The second-order valence-corrected chi connectivity index (χ2v) is 8.10. The van der Waals surface area contributed by atoms with Crippen LogP contribution in [-0.2, 0) is 13.0 Å². The van der Waals surface area contributed by atoms with Crippen molar-refractivity contribution >= 4 is 14.5 Å². The molecule has 0 aliphatic rings. The van der Waals surface area contributed by atoms with Gasteiger partial charge in [-0.15, -0.1) is 9.24 Å². The number of aliphatic hydroxyl groups excluding tert-OH is 1. The maximum Gasteiger partial charge on any atom is 0.126 e. The lowest BCUT2D eigenvalue weighted by molar-refractivity contribution is 0.185. The summed E-state index contributed by atoms with van der Waals surface area (Å²) in [5, 5.41) is 10.5. The second kappa shape index (κ2) is 11.2. The lowest BCUT2D eigenvalue weighted by atomic mass is 9.89. The van der Waals surface area contributed by atoms with Crippen LogP contribution in [0.3, 0.4) is 0 Å². The molecule has 3 rings (SSSR count). The molecule has 2 nitrogen and oxygen atoms in total. The smallest absolute Gasteiger partial charge is 0.126 e. The SMILES string of the molecule is OCCN(CC[C@@H](Cc1cc(P)ccc1F)c1ccccc1)Cc1ccccc1. The van der Waals surface area contributed by atoms with Crippen molar-refractivity contribution in [3.63, 3.8) is 0 Å². The van der Waals surface area contributed by atoms with E-state index in [0.29, 0.717) is 13.0 Å². The largest absolute Gasteiger partial charge is 0.395 e. The molecule has 1 unspecified atom stereocenters.